The van der Waals surface area contributed by atoms with Crippen LogP contribution in [0.2, 0.25) is 0 Å². The van der Waals surface area contributed by atoms with Crippen molar-refractivity contribution in [3.8, 4) is 0 Å². The first kappa shape index (κ1) is 16.9. The summed E-state index contributed by atoms with van der Waals surface area (Å²) in [4.78, 5) is 0. The Kier molecular flexibility index (Phi) is 9.84. The smallest absolute Gasteiger partial charge is 0.150 e. The number of nitrogens with two attached hydrogens (primary N) is 1. The fourth-order valence-corrected chi connectivity index (χ4v) is 2.76. The highest BCUT2D eigenvalue weighted by atomic mass is 32.2. The lowest BCUT2D eigenvalue weighted by molar-refractivity contribution is 0.510. The van der Waals surface area contributed by atoms with E-state index in [1.165, 1.54) is 32.1 Å². The second kappa shape index (κ2) is 9.89. The number of unbranched alkanes of at least 4 members (excludes halogenated alkanes) is 4. The zero-order chi connectivity index (χ0) is 13.1. The molecule has 0 fully saturated rings. The van der Waals surface area contributed by atoms with Crippen LogP contribution in [0.3, 0.4) is 0 Å². The van der Waals surface area contributed by atoms with Crippen LogP contribution in [0.15, 0.2) is 0 Å². The lowest BCUT2D eigenvalue weighted by Crippen LogP contribution is -2.21. The zero-order valence-corrected chi connectivity index (χ0v) is 12.3. The van der Waals surface area contributed by atoms with Crippen molar-refractivity contribution in [3.63, 3.8) is 0 Å². The van der Waals surface area contributed by atoms with Crippen LogP contribution in [0.25, 0.3) is 0 Å². The summed E-state index contributed by atoms with van der Waals surface area (Å²) in [6, 6.07) is 0.184. The van der Waals surface area contributed by atoms with Gasteiger partial charge in [-0.25, -0.2) is 8.42 Å². The first-order valence-electron chi connectivity index (χ1n) is 6.97. The third kappa shape index (κ3) is 10.8. The Bertz CT molecular complexity index is 263. The Labute approximate surface area is 107 Å². The van der Waals surface area contributed by atoms with E-state index >= 15 is 0 Å². The van der Waals surface area contributed by atoms with Crippen LogP contribution in [0.1, 0.15) is 65.2 Å². The zero-order valence-electron chi connectivity index (χ0n) is 11.5. The maximum atomic E-state index is 11.3. The fourth-order valence-electron chi connectivity index (χ4n) is 1.86. The second-order valence-corrected chi connectivity index (χ2v) is 7.31. The molecule has 0 aromatic heterocycles. The molecule has 0 heterocycles. The van der Waals surface area contributed by atoms with Crippen molar-refractivity contribution in [1.82, 2.24) is 0 Å². The van der Waals surface area contributed by atoms with Gasteiger partial charge in [-0.2, -0.15) is 0 Å². The van der Waals surface area contributed by atoms with Gasteiger partial charge >= 0.3 is 0 Å². The monoisotopic (exact) mass is 263 g/mol. The number of hydrogen-bond acceptors (Lipinski definition) is 3. The Hall–Kier alpha value is -0.0900. The van der Waals surface area contributed by atoms with E-state index in [2.05, 4.69) is 6.92 Å². The third-order valence-electron chi connectivity index (χ3n) is 3.15. The van der Waals surface area contributed by atoms with Gasteiger partial charge in [-0.3, -0.25) is 0 Å². The van der Waals surface area contributed by atoms with E-state index in [4.69, 9.17) is 5.73 Å². The Morgan fingerprint density at radius 2 is 1.53 bits per heavy atom. The molecule has 0 aromatic carbocycles. The first-order chi connectivity index (χ1) is 8.02. The highest BCUT2D eigenvalue weighted by Gasteiger charge is 2.09. The van der Waals surface area contributed by atoms with E-state index in [0.29, 0.717) is 12.2 Å². The van der Waals surface area contributed by atoms with Gasteiger partial charge in [0.1, 0.15) is 9.84 Å². The van der Waals surface area contributed by atoms with E-state index < -0.39 is 9.84 Å². The van der Waals surface area contributed by atoms with Gasteiger partial charge in [0.05, 0.1) is 5.75 Å². The molecule has 0 bridgehead atoms. The molecule has 104 valence electrons. The SMILES string of the molecule is CCCCCCCC(N)CCCS(=O)(=O)CC. The largest absolute Gasteiger partial charge is 0.328 e. The summed E-state index contributed by atoms with van der Waals surface area (Å²) < 4.78 is 22.5. The van der Waals surface area contributed by atoms with E-state index in [-0.39, 0.29) is 11.8 Å². The van der Waals surface area contributed by atoms with Crippen LogP contribution in [0.5, 0.6) is 0 Å². The van der Waals surface area contributed by atoms with Crippen LogP contribution >= 0.6 is 0 Å². The van der Waals surface area contributed by atoms with Gasteiger partial charge in [-0.1, -0.05) is 46.0 Å². The molecule has 0 saturated heterocycles. The molecule has 0 aliphatic rings. The molecule has 0 rings (SSSR count). The maximum Gasteiger partial charge on any atom is 0.150 e. The molecule has 0 saturated carbocycles. The Balaban J connectivity index is 3.44. The lowest BCUT2D eigenvalue weighted by Gasteiger charge is -2.11. The molecular formula is C13H29NO2S. The summed E-state index contributed by atoms with van der Waals surface area (Å²) in [6.07, 6.45) is 8.91. The summed E-state index contributed by atoms with van der Waals surface area (Å²) in [5.74, 6) is 0.548. The van der Waals surface area contributed by atoms with Crippen molar-refractivity contribution in [2.45, 2.75) is 71.3 Å². The molecule has 0 aliphatic heterocycles. The molecular weight excluding hydrogens is 234 g/mol. The van der Waals surface area contributed by atoms with Gasteiger partial charge in [0.2, 0.25) is 0 Å². The second-order valence-electron chi connectivity index (χ2n) is 4.84. The predicted molar refractivity (Wildman–Crippen MR) is 74.9 cm³/mol. The van der Waals surface area contributed by atoms with Crippen molar-refractivity contribution in [1.29, 1.82) is 0 Å². The predicted octanol–water partition coefficient (Wildman–Crippen LogP) is 2.89. The van der Waals surface area contributed by atoms with E-state index in [0.717, 1.165) is 12.8 Å². The average molecular weight is 263 g/mol. The van der Waals surface area contributed by atoms with Gasteiger partial charge in [-0.15, -0.1) is 0 Å². The highest BCUT2D eigenvalue weighted by molar-refractivity contribution is 7.91. The van der Waals surface area contributed by atoms with Gasteiger partial charge in [0.15, 0.2) is 0 Å². The van der Waals surface area contributed by atoms with Crippen LogP contribution in [-0.2, 0) is 9.84 Å². The van der Waals surface area contributed by atoms with E-state index in [1.54, 1.807) is 6.92 Å². The van der Waals surface area contributed by atoms with Crippen LogP contribution in [0, 0.1) is 0 Å². The molecule has 0 aliphatic carbocycles. The molecule has 3 nitrogen and oxygen atoms in total. The van der Waals surface area contributed by atoms with Crippen molar-refractivity contribution in [2.24, 2.45) is 5.73 Å². The molecule has 4 heteroatoms. The number of rotatable bonds is 11. The summed E-state index contributed by atoms with van der Waals surface area (Å²) >= 11 is 0. The van der Waals surface area contributed by atoms with Crippen LogP contribution in [-0.4, -0.2) is 26.0 Å². The summed E-state index contributed by atoms with van der Waals surface area (Å²) in [5.41, 5.74) is 5.96. The van der Waals surface area contributed by atoms with Crippen molar-refractivity contribution in [3.05, 3.63) is 0 Å². The summed E-state index contributed by atoms with van der Waals surface area (Å²) in [7, 11) is -2.80. The quantitative estimate of drug-likeness (QED) is 0.583. The van der Waals surface area contributed by atoms with E-state index in [1.807, 2.05) is 0 Å². The minimum atomic E-state index is -2.80. The Morgan fingerprint density at radius 3 is 2.12 bits per heavy atom. The molecule has 0 aromatic rings. The minimum Gasteiger partial charge on any atom is -0.328 e. The van der Waals surface area contributed by atoms with Crippen LogP contribution < -0.4 is 5.73 Å². The van der Waals surface area contributed by atoms with Gasteiger partial charge < -0.3 is 5.73 Å². The number of sulfone groups is 1. The van der Waals surface area contributed by atoms with Gasteiger partial charge in [-0.05, 0) is 19.3 Å². The molecule has 0 spiro atoms. The summed E-state index contributed by atoms with van der Waals surface area (Å²) in [5, 5.41) is 0. The normalized spacial score (nSPS) is 13.8. The minimum absolute atomic E-state index is 0.184. The first-order valence-corrected chi connectivity index (χ1v) is 8.80. The standard InChI is InChI=1S/C13H29NO2S/c1-3-5-6-7-8-10-13(14)11-9-12-17(15,16)4-2/h13H,3-12,14H2,1-2H3. The van der Waals surface area contributed by atoms with Crippen LogP contribution in [0.4, 0.5) is 0 Å². The third-order valence-corrected chi connectivity index (χ3v) is 4.94. The van der Waals surface area contributed by atoms with Gasteiger partial charge in [0, 0.05) is 11.8 Å². The Morgan fingerprint density at radius 1 is 0.941 bits per heavy atom. The number of hydrogen-bond donors (Lipinski definition) is 1. The molecule has 1 atom stereocenters. The molecule has 1 unspecified atom stereocenters. The average Bonchev–Trinajstić information content (AvgIpc) is 2.28. The molecule has 0 radical (unpaired) electrons. The molecule has 0 amide bonds. The molecule has 17 heavy (non-hydrogen) atoms. The van der Waals surface area contributed by atoms with E-state index in [9.17, 15) is 8.42 Å². The fraction of sp³-hybridized carbons (Fsp3) is 1.00. The van der Waals surface area contributed by atoms with Crippen molar-refractivity contribution >= 4 is 9.84 Å². The maximum absolute atomic E-state index is 11.3. The molecule has 2 N–H and O–H groups in total. The van der Waals surface area contributed by atoms with Gasteiger partial charge in [0.25, 0.3) is 0 Å². The van der Waals surface area contributed by atoms with Crippen molar-refractivity contribution < 1.29 is 8.42 Å². The summed E-state index contributed by atoms with van der Waals surface area (Å²) in [6.45, 7) is 3.91. The van der Waals surface area contributed by atoms with Crippen molar-refractivity contribution in [2.75, 3.05) is 11.5 Å². The highest BCUT2D eigenvalue weighted by Crippen LogP contribution is 2.09. The topological polar surface area (TPSA) is 60.2 Å². The lowest BCUT2D eigenvalue weighted by atomic mass is 10.0.